The third kappa shape index (κ3) is 2.76. The second-order valence-corrected chi connectivity index (χ2v) is 5.76. The Labute approximate surface area is 110 Å². The first-order chi connectivity index (χ1) is 8.86. The molecule has 98 valence electrons. The van der Waals surface area contributed by atoms with Gasteiger partial charge in [-0.25, -0.2) is 0 Å². The van der Waals surface area contributed by atoms with Crippen molar-refractivity contribution in [2.24, 2.45) is 5.92 Å². The van der Waals surface area contributed by atoms with E-state index in [0.29, 0.717) is 12.1 Å². The van der Waals surface area contributed by atoms with Crippen molar-refractivity contribution in [3.63, 3.8) is 0 Å². The van der Waals surface area contributed by atoms with Crippen LogP contribution >= 0.6 is 0 Å². The molecule has 1 saturated carbocycles. The molecule has 0 unspecified atom stereocenters. The number of ether oxygens (including phenoxy) is 1. The topological polar surface area (TPSA) is 12.5 Å². The standard InChI is InChI=1S/C16H23NO/c1-18-16-9-10-17(12-14-7-8-14)15(16)11-13-5-3-2-4-6-13/h2-6,14-16H,7-12H2,1H3/t15-,16+/m0/s1. The van der Waals surface area contributed by atoms with Crippen LogP contribution in [-0.4, -0.2) is 37.2 Å². The predicted octanol–water partition coefficient (Wildman–Crippen LogP) is 2.73. The van der Waals surface area contributed by atoms with E-state index in [4.69, 9.17) is 4.74 Å². The van der Waals surface area contributed by atoms with E-state index in [1.165, 1.54) is 37.9 Å². The lowest BCUT2D eigenvalue weighted by Crippen LogP contribution is -2.38. The predicted molar refractivity (Wildman–Crippen MR) is 73.6 cm³/mol. The Morgan fingerprint density at radius 2 is 1.94 bits per heavy atom. The molecule has 18 heavy (non-hydrogen) atoms. The molecule has 2 heteroatoms. The number of methoxy groups -OCH3 is 1. The van der Waals surface area contributed by atoms with Gasteiger partial charge in [-0.3, -0.25) is 4.90 Å². The molecule has 0 aromatic heterocycles. The van der Waals surface area contributed by atoms with Crippen LogP contribution in [0, 0.1) is 5.92 Å². The molecule has 1 saturated heterocycles. The largest absolute Gasteiger partial charge is 0.380 e. The molecule has 1 aliphatic carbocycles. The van der Waals surface area contributed by atoms with Crippen LogP contribution in [0.2, 0.25) is 0 Å². The zero-order chi connectivity index (χ0) is 12.4. The maximum absolute atomic E-state index is 5.69. The van der Waals surface area contributed by atoms with Crippen molar-refractivity contribution in [1.29, 1.82) is 0 Å². The molecule has 1 aliphatic heterocycles. The Balaban J connectivity index is 1.68. The second-order valence-electron chi connectivity index (χ2n) is 5.76. The van der Waals surface area contributed by atoms with Gasteiger partial charge in [0.15, 0.2) is 0 Å². The zero-order valence-corrected chi connectivity index (χ0v) is 11.2. The number of hydrogen-bond donors (Lipinski definition) is 0. The average molecular weight is 245 g/mol. The fourth-order valence-electron chi connectivity index (χ4n) is 3.14. The van der Waals surface area contributed by atoms with E-state index in [1.807, 2.05) is 7.11 Å². The summed E-state index contributed by atoms with van der Waals surface area (Å²) in [7, 11) is 1.86. The Morgan fingerprint density at radius 1 is 1.17 bits per heavy atom. The number of likely N-dealkylation sites (tertiary alicyclic amines) is 1. The first-order valence-electron chi connectivity index (χ1n) is 7.17. The van der Waals surface area contributed by atoms with Crippen LogP contribution in [0.3, 0.4) is 0 Å². The molecule has 2 fully saturated rings. The molecule has 2 nitrogen and oxygen atoms in total. The summed E-state index contributed by atoms with van der Waals surface area (Å²) in [6.45, 7) is 2.50. The highest BCUT2D eigenvalue weighted by Gasteiger charge is 2.37. The highest BCUT2D eigenvalue weighted by Crippen LogP contribution is 2.33. The molecular formula is C16H23NO. The van der Waals surface area contributed by atoms with Crippen LogP contribution in [-0.2, 0) is 11.2 Å². The van der Waals surface area contributed by atoms with Crippen LogP contribution in [0.4, 0.5) is 0 Å². The Kier molecular flexibility index (Phi) is 3.67. The van der Waals surface area contributed by atoms with E-state index < -0.39 is 0 Å². The van der Waals surface area contributed by atoms with Gasteiger partial charge >= 0.3 is 0 Å². The van der Waals surface area contributed by atoms with Crippen LogP contribution in [0.15, 0.2) is 30.3 Å². The van der Waals surface area contributed by atoms with Crippen LogP contribution < -0.4 is 0 Å². The van der Waals surface area contributed by atoms with Crippen molar-refractivity contribution in [3.05, 3.63) is 35.9 Å². The summed E-state index contributed by atoms with van der Waals surface area (Å²) in [6.07, 6.45) is 5.62. The van der Waals surface area contributed by atoms with E-state index >= 15 is 0 Å². The van der Waals surface area contributed by atoms with Crippen molar-refractivity contribution >= 4 is 0 Å². The molecule has 0 N–H and O–H groups in total. The minimum Gasteiger partial charge on any atom is -0.380 e. The Bertz CT molecular complexity index is 374. The summed E-state index contributed by atoms with van der Waals surface area (Å²) in [4.78, 5) is 2.67. The SMILES string of the molecule is CO[C@@H]1CCN(CC2CC2)[C@H]1Cc1ccccc1. The summed E-state index contributed by atoms with van der Waals surface area (Å²) in [5, 5.41) is 0. The van der Waals surface area contributed by atoms with E-state index in [1.54, 1.807) is 0 Å². The molecule has 2 atom stereocenters. The van der Waals surface area contributed by atoms with Crippen molar-refractivity contribution in [3.8, 4) is 0 Å². The highest BCUT2D eigenvalue weighted by atomic mass is 16.5. The summed E-state index contributed by atoms with van der Waals surface area (Å²) in [5.41, 5.74) is 1.44. The normalized spacial score (nSPS) is 28.7. The smallest absolute Gasteiger partial charge is 0.0741 e. The second kappa shape index (κ2) is 5.41. The molecule has 3 rings (SSSR count). The fourth-order valence-corrected chi connectivity index (χ4v) is 3.14. The van der Waals surface area contributed by atoms with Gasteiger partial charge in [-0.05, 0) is 37.2 Å². The minimum atomic E-state index is 0.420. The van der Waals surface area contributed by atoms with Crippen LogP contribution in [0.5, 0.6) is 0 Å². The quantitative estimate of drug-likeness (QED) is 0.791. The lowest BCUT2D eigenvalue weighted by atomic mass is 10.0. The minimum absolute atomic E-state index is 0.420. The average Bonchev–Trinajstić information content (AvgIpc) is 3.14. The van der Waals surface area contributed by atoms with Gasteiger partial charge in [-0.2, -0.15) is 0 Å². The van der Waals surface area contributed by atoms with Crippen LogP contribution in [0.1, 0.15) is 24.8 Å². The van der Waals surface area contributed by atoms with Crippen molar-refractivity contribution in [2.75, 3.05) is 20.2 Å². The molecule has 0 spiro atoms. The number of nitrogens with zero attached hydrogens (tertiary/aromatic N) is 1. The molecule has 1 heterocycles. The number of benzene rings is 1. The first kappa shape index (κ1) is 12.2. The van der Waals surface area contributed by atoms with E-state index in [-0.39, 0.29) is 0 Å². The molecular weight excluding hydrogens is 222 g/mol. The van der Waals surface area contributed by atoms with Gasteiger partial charge < -0.3 is 4.74 Å². The van der Waals surface area contributed by atoms with Gasteiger partial charge in [0.25, 0.3) is 0 Å². The number of hydrogen-bond acceptors (Lipinski definition) is 2. The summed E-state index contributed by atoms with van der Waals surface area (Å²) in [6, 6.07) is 11.4. The van der Waals surface area contributed by atoms with Crippen molar-refractivity contribution in [1.82, 2.24) is 4.90 Å². The lowest BCUT2D eigenvalue weighted by molar-refractivity contribution is 0.0646. The van der Waals surface area contributed by atoms with Gasteiger partial charge in [0.2, 0.25) is 0 Å². The third-order valence-electron chi connectivity index (χ3n) is 4.38. The van der Waals surface area contributed by atoms with Crippen LogP contribution in [0.25, 0.3) is 0 Å². The van der Waals surface area contributed by atoms with Gasteiger partial charge in [0.05, 0.1) is 6.10 Å². The van der Waals surface area contributed by atoms with E-state index in [9.17, 15) is 0 Å². The van der Waals surface area contributed by atoms with Crippen molar-refractivity contribution in [2.45, 2.75) is 37.8 Å². The van der Waals surface area contributed by atoms with Gasteiger partial charge in [0, 0.05) is 26.2 Å². The molecule has 1 aromatic carbocycles. The lowest BCUT2D eigenvalue weighted by Gasteiger charge is -2.27. The van der Waals surface area contributed by atoms with Gasteiger partial charge in [-0.1, -0.05) is 30.3 Å². The Hall–Kier alpha value is -0.860. The summed E-state index contributed by atoms with van der Waals surface area (Å²) >= 11 is 0. The highest BCUT2D eigenvalue weighted by molar-refractivity contribution is 5.17. The molecule has 0 bridgehead atoms. The summed E-state index contributed by atoms with van der Waals surface area (Å²) < 4.78 is 5.69. The monoisotopic (exact) mass is 245 g/mol. The van der Waals surface area contributed by atoms with Crippen molar-refractivity contribution < 1.29 is 4.74 Å². The third-order valence-corrected chi connectivity index (χ3v) is 4.38. The van der Waals surface area contributed by atoms with Gasteiger partial charge in [-0.15, -0.1) is 0 Å². The fraction of sp³-hybridized carbons (Fsp3) is 0.625. The first-order valence-corrected chi connectivity index (χ1v) is 7.17. The molecule has 0 radical (unpaired) electrons. The Morgan fingerprint density at radius 3 is 2.61 bits per heavy atom. The van der Waals surface area contributed by atoms with Gasteiger partial charge in [0.1, 0.15) is 0 Å². The summed E-state index contributed by atoms with van der Waals surface area (Å²) in [5.74, 6) is 0.971. The maximum Gasteiger partial charge on any atom is 0.0741 e. The maximum atomic E-state index is 5.69. The zero-order valence-electron chi connectivity index (χ0n) is 11.2. The number of rotatable bonds is 5. The molecule has 2 aliphatic rings. The van der Waals surface area contributed by atoms with E-state index in [2.05, 4.69) is 35.2 Å². The van der Waals surface area contributed by atoms with E-state index in [0.717, 1.165) is 12.3 Å². The molecule has 0 amide bonds. The molecule has 1 aromatic rings.